The number of aliphatic hydroxyl groups is 1. The van der Waals surface area contributed by atoms with Crippen molar-refractivity contribution < 1.29 is 9.90 Å². The molecule has 21 heavy (non-hydrogen) atoms. The van der Waals surface area contributed by atoms with Crippen molar-refractivity contribution in [3.63, 3.8) is 0 Å². The predicted molar refractivity (Wildman–Crippen MR) is 83.1 cm³/mol. The summed E-state index contributed by atoms with van der Waals surface area (Å²) in [6.07, 6.45) is 4.59. The van der Waals surface area contributed by atoms with Crippen molar-refractivity contribution in [2.45, 2.75) is 56.7 Å². The minimum atomic E-state index is -0.808. The van der Waals surface area contributed by atoms with Crippen LogP contribution in [0.15, 0.2) is 30.3 Å². The van der Waals surface area contributed by atoms with Crippen molar-refractivity contribution in [2.24, 2.45) is 0 Å². The van der Waals surface area contributed by atoms with E-state index in [0.29, 0.717) is 0 Å². The van der Waals surface area contributed by atoms with Gasteiger partial charge < -0.3 is 15.3 Å². The molecule has 0 spiro atoms. The van der Waals surface area contributed by atoms with E-state index < -0.39 is 5.60 Å². The Bertz CT molecular complexity index is 505. The third kappa shape index (κ3) is 2.64. The molecular weight excluding hydrogens is 264 g/mol. The molecule has 4 heteroatoms. The standard InChI is InChI=1S/C17H24N2O2/c1-13(20)19-12-10-15(18-14-7-3-2-4-8-14)17(21)11-6-5-9-16(17)19/h2-4,7-8,15-16,18,21H,5-6,9-12H2,1H3/t15?,16-,17-/m0/s1. The number of benzene rings is 1. The maximum atomic E-state index is 11.9. The molecule has 1 aromatic rings. The Labute approximate surface area is 126 Å². The van der Waals surface area contributed by atoms with E-state index in [-0.39, 0.29) is 18.0 Å². The molecule has 2 fully saturated rings. The number of carbonyl (C=O) groups is 1. The summed E-state index contributed by atoms with van der Waals surface area (Å²) < 4.78 is 0. The zero-order valence-electron chi connectivity index (χ0n) is 12.6. The van der Waals surface area contributed by atoms with Gasteiger partial charge in [-0.15, -0.1) is 0 Å². The predicted octanol–water partition coefficient (Wildman–Crippen LogP) is 2.39. The Morgan fingerprint density at radius 1 is 1.29 bits per heavy atom. The molecule has 0 bridgehead atoms. The number of hydrogen-bond acceptors (Lipinski definition) is 3. The number of nitrogens with one attached hydrogen (secondary N) is 1. The molecule has 1 amide bonds. The van der Waals surface area contributed by atoms with Gasteiger partial charge in [0, 0.05) is 19.2 Å². The summed E-state index contributed by atoms with van der Waals surface area (Å²) in [5.41, 5.74) is 0.231. The SMILES string of the molecule is CC(=O)N1CCC(Nc2ccccc2)[C@@]2(O)CCCC[C@H]12. The maximum absolute atomic E-state index is 11.9. The number of anilines is 1. The summed E-state index contributed by atoms with van der Waals surface area (Å²) in [7, 11) is 0. The fraction of sp³-hybridized carbons (Fsp3) is 0.588. The number of nitrogens with zero attached hydrogens (tertiary/aromatic N) is 1. The molecule has 1 aromatic carbocycles. The lowest BCUT2D eigenvalue weighted by molar-refractivity contribution is -0.152. The normalized spacial score (nSPS) is 32.4. The van der Waals surface area contributed by atoms with Crippen molar-refractivity contribution in [1.82, 2.24) is 4.90 Å². The first-order valence-electron chi connectivity index (χ1n) is 7.92. The minimum absolute atomic E-state index is 0.0146. The lowest BCUT2D eigenvalue weighted by Crippen LogP contribution is -2.67. The van der Waals surface area contributed by atoms with E-state index in [1.165, 1.54) is 0 Å². The summed E-state index contributed by atoms with van der Waals surface area (Å²) in [5.74, 6) is 0.0819. The Balaban J connectivity index is 1.83. The quantitative estimate of drug-likeness (QED) is 0.878. The summed E-state index contributed by atoms with van der Waals surface area (Å²) in [4.78, 5) is 13.7. The second-order valence-electron chi connectivity index (χ2n) is 6.32. The molecule has 0 radical (unpaired) electrons. The van der Waals surface area contributed by atoms with Crippen LogP contribution in [0.2, 0.25) is 0 Å². The maximum Gasteiger partial charge on any atom is 0.219 e. The van der Waals surface area contributed by atoms with Crippen molar-refractivity contribution in [3.05, 3.63) is 30.3 Å². The van der Waals surface area contributed by atoms with E-state index in [4.69, 9.17) is 0 Å². The Kier molecular flexibility index (Phi) is 3.89. The van der Waals surface area contributed by atoms with Gasteiger partial charge in [-0.2, -0.15) is 0 Å². The summed E-state index contributed by atoms with van der Waals surface area (Å²) in [5, 5.41) is 14.8. The van der Waals surface area contributed by atoms with E-state index >= 15 is 0 Å². The van der Waals surface area contributed by atoms with Crippen LogP contribution in [0.5, 0.6) is 0 Å². The minimum Gasteiger partial charge on any atom is -0.386 e. The van der Waals surface area contributed by atoms with E-state index in [1.807, 2.05) is 35.2 Å². The van der Waals surface area contributed by atoms with Crippen LogP contribution < -0.4 is 5.32 Å². The largest absolute Gasteiger partial charge is 0.386 e. The first-order valence-corrected chi connectivity index (χ1v) is 7.92. The second kappa shape index (κ2) is 5.68. The lowest BCUT2D eigenvalue weighted by atomic mass is 9.71. The van der Waals surface area contributed by atoms with Crippen molar-refractivity contribution in [2.75, 3.05) is 11.9 Å². The topological polar surface area (TPSA) is 52.6 Å². The Morgan fingerprint density at radius 2 is 2.05 bits per heavy atom. The lowest BCUT2D eigenvalue weighted by Gasteiger charge is -2.53. The summed E-state index contributed by atoms with van der Waals surface area (Å²) in [6, 6.07) is 10.0. The van der Waals surface area contributed by atoms with E-state index in [0.717, 1.165) is 44.3 Å². The highest BCUT2D eigenvalue weighted by molar-refractivity contribution is 5.74. The van der Waals surface area contributed by atoms with Gasteiger partial charge in [0.05, 0.1) is 12.1 Å². The molecule has 4 nitrogen and oxygen atoms in total. The number of carbonyl (C=O) groups excluding carboxylic acids is 1. The molecule has 114 valence electrons. The van der Waals surface area contributed by atoms with Crippen LogP contribution in [0.1, 0.15) is 39.0 Å². The first kappa shape index (κ1) is 14.4. The van der Waals surface area contributed by atoms with Crippen LogP contribution in [-0.2, 0) is 4.79 Å². The molecular formula is C17H24N2O2. The summed E-state index contributed by atoms with van der Waals surface area (Å²) >= 11 is 0. The molecule has 1 aliphatic heterocycles. The monoisotopic (exact) mass is 288 g/mol. The van der Waals surface area contributed by atoms with Crippen LogP contribution in [0, 0.1) is 0 Å². The van der Waals surface area contributed by atoms with Gasteiger partial charge in [-0.05, 0) is 31.4 Å². The average Bonchev–Trinajstić information content (AvgIpc) is 2.48. The van der Waals surface area contributed by atoms with Crippen LogP contribution in [-0.4, -0.2) is 40.1 Å². The second-order valence-corrected chi connectivity index (χ2v) is 6.32. The van der Waals surface area contributed by atoms with Crippen molar-refractivity contribution in [3.8, 4) is 0 Å². The van der Waals surface area contributed by atoms with Gasteiger partial charge in [0.25, 0.3) is 0 Å². The van der Waals surface area contributed by atoms with E-state index in [2.05, 4.69) is 5.32 Å². The average molecular weight is 288 g/mol. The Hall–Kier alpha value is -1.55. The van der Waals surface area contributed by atoms with Gasteiger partial charge in [-0.3, -0.25) is 4.79 Å². The van der Waals surface area contributed by atoms with Gasteiger partial charge in [-0.1, -0.05) is 31.0 Å². The van der Waals surface area contributed by atoms with Gasteiger partial charge in [0.1, 0.15) is 5.60 Å². The molecule has 2 N–H and O–H groups in total. The van der Waals surface area contributed by atoms with Gasteiger partial charge >= 0.3 is 0 Å². The molecule has 1 heterocycles. The molecule has 1 unspecified atom stereocenters. The number of rotatable bonds is 2. The highest BCUT2D eigenvalue weighted by Gasteiger charge is 2.51. The van der Waals surface area contributed by atoms with Crippen LogP contribution >= 0.6 is 0 Å². The number of fused-ring (bicyclic) bond motifs is 1. The first-order chi connectivity index (χ1) is 10.1. The van der Waals surface area contributed by atoms with Crippen LogP contribution in [0.3, 0.4) is 0 Å². The third-order valence-electron chi connectivity index (χ3n) is 5.04. The fourth-order valence-electron chi connectivity index (χ4n) is 3.98. The molecule has 1 aliphatic carbocycles. The highest BCUT2D eigenvalue weighted by Crippen LogP contribution is 2.40. The number of para-hydroxylation sites is 1. The highest BCUT2D eigenvalue weighted by atomic mass is 16.3. The number of piperidine rings is 1. The zero-order valence-corrected chi connectivity index (χ0v) is 12.6. The van der Waals surface area contributed by atoms with Gasteiger partial charge in [0.2, 0.25) is 5.91 Å². The van der Waals surface area contributed by atoms with Crippen LogP contribution in [0.4, 0.5) is 5.69 Å². The van der Waals surface area contributed by atoms with Gasteiger partial charge in [-0.25, -0.2) is 0 Å². The zero-order chi connectivity index (χ0) is 14.9. The fourth-order valence-corrected chi connectivity index (χ4v) is 3.98. The number of amides is 1. The molecule has 2 aliphatic rings. The molecule has 1 saturated heterocycles. The van der Waals surface area contributed by atoms with Gasteiger partial charge in [0.15, 0.2) is 0 Å². The van der Waals surface area contributed by atoms with Crippen molar-refractivity contribution in [1.29, 1.82) is 0 Å². The summed E-state index contributed by atoms with van der Waals surface area (Å²) in [6.45, 7) is 2.34. The molecule has 3 atom stereocenters. The molecule has 1 saturated carbocycles. The van der Waals surface area contributed by atoms with Crippen molar-refractivity contribution >= 4 is 11.6 Å². The van der Waals surface area contributed by atoms with E-state index in [1.54, 1.807) is 6.92 Å². The molecule has 0 aromatic heterocycles. The Morgan fingerprint density at radius 3 is 2.76 bits per heavy atom. The smallest absolute Gasteiger partial charge is 0.219 e. The number of hydrogen-bond donors (Lipinski definition) is 2. The van der Waals surface area contributed by atoms with E-state index in [9.17, 15) is 9.90 Å². The third-order valence-corrected chi connectivity index (χ3v) is 5.04. The number of likely N-dealkylation sites (tertiary alicyclic amines) is 1. The molecule has 3 rings (SSSR count). The van der Waals surface area contributed by atoms with Crippen LogP contribution in [0.25, 0.3) is 0 Å².